The number of hydrogen-bond donors (Lipinski definition) is 2. The largest absolute Gasteiger partial charge is 0.353 e. The summed E-state index contributed by atoms with van der Waals surface area (Å²) in [6.07, 6.45) is 0.231. The Kier molecular flexibility index (Phi) is 7.44. The molecule has 3 rings (SSSR count). The van der Waals surface area contributed by atoms with Crippen molar-refractivity contribution in [3.63, 3.8) is 0 Å². The van der Waals surface area contributed by atoms with Gasteiger partial charge in [0.1, 0.15) is 0 Å². The van der Waals surface area contributed by atoms with Gasteiger partial charge in [-0.15, -0.1) is 0 Å². The Morgan fingerprint density at radius 1 is 0.900 bits per heavy atom. The summed E-state index contributed by atoms with van der Waals surface area (Å²) in [6.45, 7) is 0.334. The first-order chi connectivity index (χ1) is 14.5. The lowest BCUT2D eigenvalue weighted by Crippen LogP contribution is -2.41. The van der Waals surface area contributed by atoms with Crippen LogP contribution in [0.25, 0.3) is 10.8 Å². The van der Waals surface area contributed by atoms with Gasteiger partial charge >= 0.3 is 0 Å². The topological polar surface area (TPSA) is 61.4 Å². The van der Waals surface area contributed by atoms with Gasteiger partial charge in [-0.3, -0.25) is 9.59 Å². The van der Waals surface area contributed by atoms with Crippen molar-refractivity contribution in [3.05, 3.63) is 82.9 Å². The molecular formula is C24H26ClN3O2. The quantitative estimate of drug-likeness (QED) is 0.582. The Morgan fingerprint density at radius 3 is 2.37 bits per heavy atom. The third-order valence-corrected chi connectivity index (χ3v) is 5.40. The molecule has 2 N–H and O–H groups in total. The minimum atomic E-state index is -0.236. The van der Waals surface area contributed by atoms with Gasteiger partial charge in [0.15, 0.2) is 0 Å². The number of likely N-dealkylation sites (N-methyl/N-ethyl adjacent to an activating group) is 1. The maximum atomic E-state index is 12.4. The zero-order chi connectivity index (χ0) is 21.5. The summed E-state index contributed by atoms with van der Waals surface area (Å²) in [4.78, 5) is 26.6. The number of benzene rings is 3. The van der Waals surface area contributed by atoms with E-state index in [1.807, 2.05) is 85.7 Å². The van der Waals surface area contributed by atoms with Crippen LogP contribution >= 0.6 is 11.6 Å². The van der Waals surface area contributed by atoms with Gasteiger partial charge in [0.2, 0.25) is 11.8 Å². The van der Waals surface area contributed by atoms with E-state index in [9.17, 15) is 9.59 Å². The van der Waals surface area contributed by atoms with Gasteiger partial charge in [-0.2, -0.15) is 0 Å². The van der Waals surface area contributed by atoms with Crippen LogP contribution in [0.15, 0.2) is 66.7 Å². The second-order valence-corrected chi connectivity index (χ2v) is 7.80. The minimum Gasteiger partial charge on any atom is -0.353 e. The molecule has 0 spiro atoms. The normalized spacial score (nSPS) is 12.0. The minimum absolute atomic E-state index is 0.0611. The summed E-state index contributed by atoms with van der Waals surface area (Å²) in [5.74, 6) is -0.420. The molecule has 0 fully saturated rings. The van der Waals surface area contributed by atoms with Gasteiger partial charge in [0.05, 0.1) is 19.0 Å². The van der Waals surface area contributed by atoms with Crippen LogP contribution in [0.1, 0.15) is 17.2 Å². The van der Waals surface area contributed by atoms with Crippen LogP contribution in [0.2, 0.25) is 5.02 Å². The molecule has 0 aliphatic carbocycles. The van der Waals surface area contributed by atoms with Crippen molar-refractivity contribution in [2.45, 2.75) is 12.5 Å². The Labute approximate surface area is 182 Å². The standard InChI is InChI=1S/C24H26ClN3O2/c1-28(2)22(20-12-5-6-13-21(20)25)15-26-24(30)16-27-23(29)14-18-10-7-9-17-8-3-4-11-19(17)18/h3-13,22H,14-16H2,1-2H3,(H,26,30)(H,27,29)/t22-/m1/s1. The van der Waals surface area contributed by atoms with Crippen molar-refractivity contribution in [1.82, 2.24) is 15.5 Å². The highest BCUT2D eigenvalue weighted by Crippen LogP contribution is 2.25. The van der Waals surface area contributed by atoms with Crippen molar-refractivity contribution >= 4 is 34.2 Å². The van der Waals surface area contributed by atoms with Gasteiger partial charge in [0.25, 0.3) is 0 Å². The number of rotatable bonds is 8. The van der Waals surface area contributed by atoms with E-state index in [1.54, 1.807) is 0 Å². The molecule has 0 saturated heterocycles. The SMILES string of the molecule is CN(C)[C@H](CNC(=O)CNC(=O)Cc1cccc2ccccc12)c1ccccc1Cl. The van der Waals surface area contributed by atoms with Crippen LogP contribution in [0.5, 0.6) is 0 Å². The van der Waals surface area contributed by atoms with Crippen LogP contribution in [0.4, 0.5) is 0 Å². The van der Waals surface area contributed by atoms with Crippen LogP contribution < -0.4 is 10.6 Å². The zero-order valence-corrected chi connectivity index (χ0v) is 17.9. The molecule has 6 heteroatoms. The third-order valence-electron chi connectivity index (χ3n) is 5.06. The first-order valence-electron chi connectivity index (χ1n) is 9.86. The average molecular weight is 424 g/mol. The van der Waals surface area contributed by atoms with Crippen molar-refractivity contribution in [2.75, 3.05) is 27.2 Å². The molecule has 0 saturated carbocycles. The fourth-order valence-corrected chi connectivity index (χ4v) is 3.71. The molecule has 0 aliphatic heterocycles. The van der Waals surface area contributed by atoms with E-state index in [2.05, 4.69) is 10.6 Å². The number of hydrogen-bond acceptors (Lipinski definition) is 3. The summed E-state index contributed by atoms with van der Waals surface area (Å²) in [7, 11) is 3.87. The van der Waals surface area contributed by atoms with Crippen LogP contribution in [-0.2, 0) is 16.0 Å². The van der Waals surface area contributed by atoms with E-state index in [0.29, 0.717) is 11.6 Å². The molecule has 5 nitrogen and oxygen atoms in total. The van der Waals surface area contributed by atoms with Gasteiger partial charge in [-0.1, -0.05) is 72.3 Å². The number of carbonyl (C=O) groups is 2. The molecule has 0 heterocycles. The van der Waals surface area contributed by atoms with Crippen molar-refractivity contribution in [1.29, 1.82) is 0 Å². The average Bonchev–Trinajstić information content (AvgIpc) is 2.74. The number of fused-ring (bicyclic) bond motifs is 1. The monoisotopic (exact) mass is 423 g/mol. The van der Waals surface area contributed by atoms with Crippen LogP contribution in [0.3, 0.4) is 0 Å². The maximum absolute atomic E-state index is 12.4. The van der Waals surface area contributed by atoms with Crippen LogP contribution in [-0.4, -0.2) is 43.9 Å². The molecule has 2 amide bonds. The lowest BCUT2D eigenvalue weighted by Gasteiger charge is -2.26. The molecule has 0 aromatic heterocycles. The van der Waals surface area contributed by atoms with E-state index in [0.717, 1.165) is 21.9 Å². The summed E-state index contributed by atoms with van der Waals surface area (Å²) in [6, 6.07) is 21.4. The predicted molar refractivity (Wildman–Crippen MR) is 122 cm³/mol. The van der Waals surface area contributed by atoms with Gasteiger partial charge in [-0.25, -0.2) is 0 Å². The van der Waals surface area contributed by atoms with E-state index < -0.39 is 0 Å². The third kappa shape index (κ3) is 5.59. The Morgan fingerprint density at radius 2 is 1.60 bits per heavy atom. The summed E-state index contributed by atoms with van der Waals surface area (Å²) < 4.78 is 0. The first-order valence-corrected chi connectivity index (χ1v) is 10.2. The molecular weight excluding hydrogens is 398 g/mol. The molecule has 0 radical (unpaired) electrons. The van der Waals surface area contributed by atoms with E-state index >= 15 is 0 Å². The van der Waals surface area contributed by atoms with E-state index in [1.165, 1.54) is 0 Å². The number of nitrogens with one attached hydrogen (secondary N) is 2. The number of carbonyl (C=O) groups excluding carboxylic acids is 2. The molecule has 0 bridgehead atoms. The molecule has 0 aliphatic rings. The van der Waals surface area contributed by atoms with Crippen molar-refractivity contribution in [2.24, 2.45) is 0 Å². The van der Waals surface area contributed by atoms with E-state index in [-0.39, 0.29) is 30.8 Å². The lowest BCUT2D eigenvalue weighted by molar-refractivity contribution is -0.125. The molecule has 156 valence electrons. The van der Waals surface area contributed by atoms with E-state index in [4.69, 9.17) is 11.6 Å². The number of amides is 2. The second kappa shape index (κ2) is 10.2. The fourth-order valence-electron chi connectivity index (χ4n) is 3.45. The number of nitrogens with zero attached hydrogens (tertiary/aromatic N) is 1. The summed E-state index contributed by atoms with van der Waals surface area (Å²) in [5.41, 5.74) is 1.89. The smallest absolute Gasteiger partial charge is 0.239 e. The first kappa shape index (κ1) is 21.8. The summed E-state index contributed by atoms with van der Waals surface area (Å²) >= 11 is 6.30. The molecule has 3 aromatic rings. The molecule has 3 aromatic carbocycles. The van der Waals surface area contributed by atoms with Crippen molar-refractivity contribution in [3.8, 4) is 0 Å². The van der Waals surface area contributed by atoms with Crippen molar-refractivity contribution < 1.29 is 9.59 Å². The highest BCUT2D eigenvalue weighted by molar-refractivity contribution is 6.31. The second-order valence-electron chi connectivity index (χ2n) is 7.40. The predicted octanol–water partition coefficient (Wildman–Crippen LogP) is 3.57. The lowest BCUT2D eigenvalue weighted by atomic mass is 10.0. The highest BCUT2D eigenvalue weighted by atomic mass is 35.5. The Hall–Kier alpha value is -2.89. The van der Waals surface area contributed by atoms with Gasteiger partial charge in [0, 0.05) is 11.6 Å². The van der Waals surface area contributed by atoms with Gasteiger partial charge in [-0.05, 0) is 42.1 Å². The summed E-state index contributed by atoms with van der Waals surface area (Å²) in [5, 5.41) is 8.40. The molecule has 30 heavy (non-hydrogen) atoms. The Balaban J connectivity index is 1.52. The fraction of sp³-hybridized carbons (Fsp3) is 0.250. The van der Waals surface area contributed by atoms with Crippen LogP contribution in [0, 0.1) is 0 Å². The zero-order valence-electron chi connectivity index (χ0n) is 17.2. The number of halogens is 1. The Bertz CT molecular complexity index is 1030. The highest BCUT2D eigenvalue weighted by Gasteiger charge is 2.18. The maximum Gasteiger partial charge on any atom is 0.239 e. The molecule has 0 unspecified atom stereocenters. The van der Waals surface area contributed by atoms with Gasteiger partial charge < -0.3 is 15.5 Å². The molecule has 1 atom stereocenters.